The zero-order valence-corrected chi connectivity index (χ0v) is 41.9. The lowest BCUT2D eigenvalue weighted by Crippen LogP contribution is -2.33. The van der Waals surface area contributed by atoms with Crippen LogP contribution in [0.2, 0.25) is 0 Å². The van der Waals surface area contributed by atoms with E-state index in [9.17, 15) is 14.4 Å². The number of carboxylic acids is 2. The topological polar surface area (TPSA) is 91.7 Å². The Hall–Kier alpha value is -5.64. The van der Waals surface area contributed by atoms with E-state index in [1.165, 1.54) is 89.7 Å². The van der Waals surface area contributed by atoms with E-state index in [0.717, 1.165) is 23.4 Å². The number of rotatable bonds is 14. The molecule has 0 amide bonds. The van der Waals surface area contributed by atoms with Crippen LogP contribution in [0.25, 0.3) is 0 Å². The summed E-state index contributed by atoms with van der Waals surface area (Å²) >= 11 is 0. The molecule has 5 nitrogen and oxygen atoms in total. The fourth-order valence-corrected chi connectivity index (χ4v) is 12.6. The first-order valence-corrected chi connectivity index (χ1v) is 24.4. The molecule has 0 radical (unpaired) electrons. The number of benzene rings is 3. The Morgan fingerprint density at radius 2 is 0.969 bits per heavy atom. The highest BCUT2D eigenvalue weighted by Gasteiger charge is 2.44. The Morgan fingerprint density at radius 1 is 0.585 bits per heavy atom. The number of hydrogen-bond acceptors (Lipinski definition) is 3. The molecule has 0 unspecified atom stereocenters. The summed E-state index contributed by atoms with van der Waals surface area (Å²) < 4.78 is 0. The van der Waals surface area contributed by atoms with Gasteiger partial charge in [0, 0.05) is 12.2 Å². The Kier molecular flexibility index (Phi) is 23.0. The van der Waals surface area contributed by atoms with Crippen molar-refractivity contribution in [3.05, 3.63) is 204 Å². The number of carboxylic acid groups (broad SMARTS) is 2. The number of carbonyl (C=O) groups excluding carboxylic acids is 1. The van der Waals surface area contributed by atoms with Crippen LogP contribution in [0.5, 0.6) is 0 Å². The monoisotopic (exact) mass is 895 g/mol. The van der Waals surface area contributed by atoms with Crippen molar-refractivity contribution in [1.29, 1.82) is 0 Å². The Morgan fingerprint density at radius 3 is 1.32 bits per heavy atom. The SMILES string of the molecule is C/C(C=O)=C\C(=O)O.CC1=C(/C=C/C(C)=C\C=C\C(C)=C\C(=O)O)C(C)(C)CCC1.CC1=C(/C=C/C(C)=C\C[P+](c2ccccc2)(c2ccccc2)c2ccccc2)C(C)(C)CCC1.[CH3-]. The van der Waals surface area contributed by atoms with Crippen LogP contribution >= 0.6 is 7.26 Å². The highest BCUT2D eigenvalue weighted by molar-refractivity contribution is 7.95. The van der Waals surface area contributed by atoms with E-state index in [1.54, 1.807) is 18.6 Å². The van der Waals surface area contributed by atoms with Gasteiger partial charge >= 0.3 is 11.9 Å². The van der Waals surface area contributed by atoms with Gasteiger partial charge in [-0.2, -0.15) is 0 Å². The number of allylic oxidation sites excluding steroid dienone is 16. The summed E-state index contributed by atoms with van der Waals surface area (Å²) in [5, 5.41) is 20.9. The molecule has 2 aliphatic carbocycles. The third-order valence-electron chi connectivity index (χ3n) is 12.0. The second-order valence-corrected chi connectivity index (χ2v) is 21.9. The number of carbonyl (C=O) groups is 3. The van der Waals surface area contributed by atoms with E-state index < -0.39 is 19.2 Å². The van der Waals surface area contributed by atoms with Crippen LogP contribution in [0.1, 0.15) is 108 Å². The normalized spacial score (nSPS) is 17.0. The lowest BCUT2D eigenvalue weighted by Gasteiger charge is -2.33. The van der Waals surface area contributed by atoms with Crippen molar-refractivity contribution in [3.63, 3.8) is 0 Å². The van der Waals surface area contributed by atoms with Gasteiger partial charge in [-0.05, 0) is 156 Å². The van der Waals surface area contributed by atoms with Crippen LogP contribution in [0.15, 0.2) is 196 Å². The molecule has 0 spiro atoms. The van der Waals surface area contributed by atoms with E-state index in [0.29, 0.717) is 6.29 Å². The molecular formula is C59H75O5P. The molecule has 0 fully saturated rings. The van der Waals surface area contributed by atoms with Crippen LogP contribution in [-0.2, 0) is 14.4 Å². The average Bonchev–Trinajstić information content (AvgIpc) is 3.24. The maximum Gasteiger partial charge on any atom is 0.328 e. The molecule has 0 atom stereocenters. The number of hydrogen-bond donors (Lipinski definition) is 2. The van der Waals surface area contributed by atoms with Crippen molar-refractivity contribution in [2.75, 3.05) is 6.16 Å². The summed E-state index contributed by atoms with van der Waals surface area (Å²) in [4.78, 5) is 30.0. The Bertz CT molecular complexity index is 2210. The first kappa shape index (κ1) is 55.5. The molecule has 3 aromatic carbocycles. The predicted octanol–water partition coefficient (Wildman–Crippen LogP) is 14.3. The fourth-order valence-electron chi connectivity index (χ4n) is 8.49. The molecule has 0 bridgehead atoms. The maximum atomic E-state index is 10.5. The van der Waals surface area contributed by atoms with Crippen molar-refractivity contribution in [1.82, 2.24) is 0 Å². The molecule has 6 heteroatoms. The van der Waals surface area contributed by atoms with Crippen molar-refractivity contribution in [2.24, 2.45) is 10.8 Å². The van der Waals surface area contributed by atoms with Gasteiger partial charge in [-0.3, -0.25) is 4.79 Å². The van der Waals surface area contributed by atoms with Crippen molar-refractivity contribution in [3.8, 4) is 0 Å². The largest absolute Gasteiger partial charge is 0.478 e. The summed E-state index contributed by atoms with van der Waals surface area (Å²) in [6.07, 6.45) is 28.4. The third kappa shape index (κ3) is 17.7. The standard InChI is InChI=1S/C33H38P.C20H28O2.C5H6O3.CH3/c1-27(22-23-32-28(2)15-14-25-33(32,3)4)24-26-34(29-16-8-5-9-17-29,30-18-10-6-11-19-30)31-20-12-7-13-21-31;1-15(8-6-9-16(2)14-19(21)22)11-12-18-17(3)10-7-13-20(18,4)5;1-4(3-6)2-5(7)8;/h5-13,16-24H,14-15,25-26H2,1-4H3;6,8-9,11-12,14H,7,10,13H2,1-5H3,(H,21,22);2-3H,1H3,(H,7,8);1H3/q+1;;;-1/b23-22+,27-24-;9-6+,12-11+,15-8-,16-14+;4-2+;. The van der Waals surface area contributed by atoms with Gasteiger partial charge in [0.05, 0.1) is 6.16 Å². The summed E-state index contributed by atoms with van der Waals surface area (Å²) in [6.45, 7) is 21.5. The fraction of sp³-hybridized carbons (Fsp3) is 0.322. The van der Waals surface area contributed by atoms with E-state index >= 15 is 0 Å². The molecule has 2 N–H and O–H groups in total. The Labute approximate surface area is 392 Å². The van der Waals surface area contributed by atoms with E-state index in [4.69, 9.17) is 10.2 Å². The minimum atomic E-state index is -1.82. The van der Waals surface area contributed by atoms with Gasteiger partial charge in [0.1, 0.15) is 29.5 Å². The lowest BCUT2D eigenvalue weighted by atomic mass is 9.72. The van der Waals surface area contributed by atoms with Gasteiger partial charge in [0.2, 0.25) is 0 Å². The second kappa shape index (κ2) is 27.0. The molecule has 346 valence electrons. The third-order valence-corrected chi connectivity index (χ3v) is 16.3. The minimum absolute atomic E-state index is 0. The summed E-state index contributed by atoms with van der Waals surface area (Å²) in [6, 6.07) is 33.4. The quantitative estimate of drug-likeness (QED) is 0.0553. The molecule has 65 heavy (non-hydrogen) atoms. The van der Waals surface area contributed by atoms with Crippen molar-refractivity contribution in [2.45, 2.75) is 108 Å². The highest BCUT2D eigenvalue weighted by Crippen LogP contribution is 2.55. The van der Waals surface area contributed by atoms with E-state index in [1.807, 2.05) is 12.2 Å². The van der Waals surface area contributed by atoms with Crippen LogP contribution in [0, 0.1) is 18.3 Å². The molecule has 3 aromatic rings. The molecule has 0 saturated carbocycles. The van der Waals surface area contributed by atoms with Crippen LogP contribution in [0.3, 0.4) is 0 Å². The van der Waals surface area contributed by atoms with Gasteiger partial charge in [0.15, 0.2) is 0 Å². The molecule has 0 heterocycles. The van der Waals surface area contributed by atoms with Crippen LogP contribution in [0.4, 0.5) is 0 Å². The van der Waals surface area contributed by atoms with Crippen LogP contribution < -0.4 is 15.9 Å². The first-order chi connectivity index (χ1) is 30.3. The molecular weight excluding hydrogens is 820 g/mol. The smallest absolute Gasteiger partial charge is 0.328 e. The van der Waals surface area contributed by atoms with Gasteiger partial charge in [0.25, 0.3) is 0 Å². The number of aliphatic carboxylic acids is 2. The highest BCUT2D eigenvalue weighted by atomic mass is 31.2. The van der Waals surface area contributed by atoms with E-state index in [-0.39, 0.29) is 23.8 Å². The van der Waals surface area contributed by atoms with Gasteiger partial charge in [-0.25, -0.2) is 9.59 Å². The van der Waals surface area contributed by atoms with Crippen molar-refractivity contribution < 1.29 is 24.6 Å². The molecule has 5 rings (SSSR count). The van der Waals surface area contributed by atoms with Crippen LogP contribution in [-0.4, -0.2) is 34.6 Å². The summed E-state index contributed by atoms with van der Waals surface area (Å²) in [7, 11) is -1.82. The zero-order chi connectivity index (χ0) is 47.3. The maximum absolute atomic E-state index is 10.5. The molecule has 0 aromatic heterocycles. The molecule has 2 aliphatic rings. The Balaban J connectivity index is 0.000000402. The lowest BCUT2D eigenvalue weighted by molar-refractivity contribution is -0.132. The first-order valence-electron chi connectivity index (χ1n) is 22.4. The van der Waals surface area contributed by atoms with Gasteiger partial charge < -0.3 is 17.6 Å². The number of aldehydes is 1. The molecule has 0 saturated heterocycles. The summed E-state index contributed by atoms with van der Waals surface area (Å²) in [5.74, 6) is -2.00. The zero-order valence-electron chi connectivity index (χ0n) is 41.0. The second-order valence-electron chi connectivity index (χ2n) is 18.3. The van der Waals surface area contributed by atoms with Gasteiger partial charge in [-0.1, -0.05) is 147 Å². The average molecular weight is 895 g/mol. The minimum Gasteiger partial charge on any atom is -0.478 e. The molecule has 0 aliphatic heterocycles. The van der Waals surface area contributed by atoms with Gasteiger partial charge in [-0.15, -0.1) is 0 Å². The van der Waals surface area contributed by atoms with Crippen molar-refractivity contribution >= 4 is 41.4 Å². The van der Waals surface area contributed by atoms with E-state index in [2.05, 4.69) is 177 Å². The predicted molar refractivity (Wildman–Crippen MR) is 281 cm³/mol. The summed E-state index contributed by atoms with van der Waals surface area (Å²) in [5.41, 5.74) is 10.0.